The van der Waals surface area contributed by atoms with Gasteiger partial charge < -0.3 is 20.7 Å². The predicted octanol–water partition coefficient (Wildman–Crippen LogP) is 2.54. The summed E-state index contributed by atoms with van der Waals surface area (Å²) < 4.78 is 5.58. The fraction of sp³-hybridized carbons (Fsp3) is 0.632. The maximum absolute atomic E-state index is 6.17. The molecular weight excluding hydrogens is 300 g/mol. The molecule has 0 saturated carbocycles. The molecule has 2 rings (SSSR count). The quantitative estimate of drug-likeness (QED) is 0.595. The average molecular weight is 332 g/mol. The van der Waals surface area contributed by atoms with Gasteiger partial charge in [0.1, 0.15) is 0 Å². The standard InChI is InChI=1S/C19H32N4O/c1-4-23(5-2)18(20)21-15-19(11-13-24-14-12-19)22-16(3)17-9-7-6-8-10-17/h6-10,16,22H,4-5,11-15H2,1-3H3,(H2,20,21). The Balaban J connectivity index is 2.10. The Labute approximate surface area is 146 Å². The van der Waals surface area contributed by atoms with Crippen molar-refractivity contribution in [3.05, 3.63) is 35.9 Å². The Morgan fingerprint density at radius 3 is 2.46 bits per heavy atom. The van der Waals surface area contributed by atoms with Crippen LogP contribution in [0.4, 0.5) is 0 Å². The molecule has 1 fully saturated rings. The molecule has 1 saturated heterocycles. The number of nitrogens with zero attached hydrogens (tertiary/aromatic N) is 2. The van der Waals surface area contributed by atoms with Gasteiger partial charge in [0, 0.05) is 37.9 Å². The first kappa shape index (κ1) is 18.7. The van der Waals surface area contributed by atoms with Gasteiger partial charge in [-0.15, -0.1) is 0 Å². The van der Waals surface area contributed by atoms with Gasteiger partial charge in [0.2, 0.25) is 0 Å². The van der Waals surface area contributed by atoms with Crippen LogP contribution < -0.4 is 11.1 Å². The van der Waals surface area contributed by atoms with Crippen LogP contribution in [-0.4, -0.2) is 49.2 Å². The first-order valence-corrected chi connectivity index (χ1v) is 9.05. The first-order chi connectivity index (χ1) is 11.6. The third-order valence-electron chi connectivity index (χ3n) is 4.90. The van der Waals surface area contributed by atoms with E-state index in [1.165, 1.54) is 5.56 Å². The van der Waals surface area contributed by atoms with E-state index in [0.717, 1.165) is 39.1 Å². The number of hydrogen-bond acceptors (Lipinski definition) is 3. The van der Waals surface area contributed by atoms with Gasteiger partial charge in [0.05, 0.1) is 6.54 Å². The molecule has 1 aliphatic rings. The number of ether oxygens (including phenoxy) is 1. The van der Waals surface area contributed by atoms with Gasteiger partial charge in [0.15, 0.2) is 5.96 Å². The maximum Gasteiger partial charge on any atom is 0.191 e. The fourth-order valence-corrected chi connectivity index (χ4v) is 3.27. The van der Waals surface area contributed by atoms with Crippen LogP contribution in [0.3, 0.4) is 0 Å². The molecule has 5 heteroatoms. The molecule has 1 aliphatic heterocycles. The van der Waals surface area contributed by atoms with Crippen LogP contribution in [0.2, 0.25) is 0 Å². The van der Waals surface area contributed by atoms with Crippen molar-refractivity contribution in [3.63, 3.8) is 0 Å². The minimum atomic E-state index is -0.0503. The van der Waals surface area contributed by atoms with E-state index in [2.05, 4.69) is 61.3 Å². The molecule has 0 radical (unpaired) electrons. The summed E-state index contributed by atoms with van der Waals surface area (Å²) in [5, 5.41) is 3.82. The van der Waals surface area contributed by atoms with Crippen LogP contribution in [0.15, 0.2) is 35.3 Å². The lowest BCUT2D eigenvalue weighted by Crippen LogP contribution is -2.53. The Morgan fingerprint density at radius 1 is 1.25 bits per heavy atom. The Morgan fingerprint density at radius 2 is 1.88 bits per heavy atom. The smallest absolute Gasteiger partial charge is 0.191 e. The van der Waals surface area contributed by atoms with Crippen molar-refractivity contribution in [2.75, 3.05) is 32.8 Å². The van der Waals surface area contributed by atoms with E-state index in [1.54, 1.807) is 0 Å². The molecule has 1 heterocycles. The van der Waals surface area contributed by atoms with Gasteiger partial charge in [-0.25, -0.2) is 0 Å². The molecule has 0 aromatic heterocycles. The Hall–Kier alpha value is -1.59. The molecule has 1 unspecified atom stereocenters. The minimum Gasteiger partial charge on any atom is -0.381 e. The zero-order valence-electron chi connectivity index (χ0n) is 15.3. The maximum atomic E-state index is 6.17. The summed E-state index contributed by atoms with van der Waals surface area (Å²) >= 11 is 0. The topological polar surface area (TPSA) is 62.9 Å². The summed E-state index contributed by atoms with van der Waals surface area (Å²) in [5.41, 5.74) is 7.42. The molecule has 134 valence electrons. The average Bonchev–Trinajstić information content (AvgIpc) is 2.62. The van der Waals surface area contributed by atoms with Crippen molar-refractivity contribution >= 4 is 5.96 Å². The van der Waals surface area contributed by atoms with Gasteiger partial charge in [-0.1, -0.05) is 30.3 Å². The second kappa shape index (κ2) is 9.04. The fourth-order valence-electron chi connectivity index (χ4n) is 3.27. The summed E-state index contributed by atoms with van der Waals surface area (Å²) in [6, 6.07) is 10.8. The highest BCUT2D eigenvalue weighted by atomic mass is 16.5. The highest BCUT2D eigenvalue weighted by molar-refractivity contribution is 5.78. The first-order valence-electron chi connectivity index (χ1n) is 9.05. The molecular formula is C19H32N4O. The number of guanidine groups is 1. The lowest BCUT2D eigenvalue weighted by atomic mass is 9.88. The normalized spacial score (nSPS) is 19.0. The third kappa shape index (κ3) is 4.95. The van der Waals surface area contributed by atoms with Crippen LogP contribution >= 0.6 is 0 Å². The zero-order chi connectivity index (χ0) is 17.4. The van der Waals surface area contributed by atoms with Gasteiger partial charge in [-0.2, -0.15) is 0 Å². The number of benzene rings is 1. The molecule has 3 N–H and O–H groups in total. The van der Waals surface area contributed by atoms with E-state index in [9.17, 15) is 0 Å². The third-order valence-corrected chi connectivity index (χ3v) is 4.90. The number of rotatable bonds is 7. The summed E-state index contributed by atoms with van der Waals surface area (Å²) in [6.45, 7) is 10.4. The predicted molar refractivity (Wildman–Crippen MR) is 100 cm³/mol. The van der Waals surface area contributed by atoms with Crippen molar-refractivity contribution < 1.29 is 4.74 Å². The molecule has 5 nitrogen and oxygen atoms in total. The van der Waals surface area contributed by atoms with Crippen LogP contribution in [0.1, 0.15) is 45.2 Å². The number of nitrogens with one attached hydrogen (secondary N) is 1. The Kier molecular flexibility index (Phi) is 7.06. The highest BCUT2D eigenvalue weighted by Gasteiger charge is 2.34. The van der Waals surface area contributed by atoms with Gasteiger partial charge in [-0.3, -0.25) is 4.99 Å². The number of nitrogens with two attached hydrogens (primary N) is 1. The van der Waals surface area contributed by atoms with Crippen molar-refractivity contribution in [3.8, 4) is 0 Å². The molecule has 0 amide bonds. The second-order valence-corrected chi connectivity index (χ2v) is 6.52. The number of hydrogen-bond donors (Lipinski definition) is 2. The summed E-state index contributed by atoms with van der Waals surface area (Å²) in [5.74, 6) is 0.639. The van der Waals surface area contributed by atoms with Crippen molar-refractivity contribution in [2.45, 2.75) is 45.2 Å². The highest BCUT2D eigenvalue weighted by Crippen LogP contribution is 2.26. The van der Waals surface area contributed by atoms with Gasteiger partial charge >= 0.3 is 0 Å². The summed E-state index contributed by atoms with van der Waals surface area (Å²) in [7, 11) is 0. The Bertz CT molecular complexity index is 507. The molecule has 24 heavy (non-hydrogen) atoms. The minimum absolute atomic E-state index is 0.0503. The van der Waals surface area contributed by atoms with E-state index in [-0.39, 0.29) is 11.6 Å². The van der Waals surface area contributed by atoms with E-state index in [4.69, 9.17) is 15.5 Å². The van der Waals surface area contributed by atoms with Crippen molar-refractivity contribution in [1.29, 1.82) is 0 Å². The van der Waals surface area contributed by atoms with Gasteiger partial charge in [0.25, 0.3) is 0 Å². The molecule has 1 aromatic rings. The largest absolute Gasteiger partial charge is 0.381 e. The molecule has 1 atom stereocenters. The van der Waals surface area contributed by atoms with Crippen molar-refractivity contribution in [2.24, 2.45) is 10.7 Å². The van der Waals surface area contributed by atoms with E-state index >= 15 is 0 Å². The van der Waals surface area contributed by atoms with E-state index in [1.807, 2.05) is 0 Å². The van der Waals surface area contributed by atoms with Crippen LogP contribution in [0.25, 0.3) is 0 Å². The monoisotopic (exact) mass is 332 g/mol. The molecule has 0 bridgehead atoms. The van der Waals surface area contributed by atoms with Crippen molar-refractivity contribution in [1.82, 2.24) is 10.2 Å². The SMILES string of the molecule is CCN(CC)C(N)=NCC1(NC(C)c2ccccc2)CCOCC1. The lowest BCUT2D eigenvalue weighted by Gasteiger charge is -2.39. The summed E-state index contributed by atoms with van der Waals surface area (Å²) in [6.07, 6.45) is 1.92. The molecule has 0 spiro atoms. The van der Waals surface area contributed by atoms with Gasteiger partial charge in [-0.05, 0) is 39.2 Å². The lowest BCUT2D eigenvalue weighted by molar-refractivity contribution is 0.0374. The zero-order valence-corrected chi connectivity index (χ0v) is 15.3. The molecule has 0 aliphatic carbocycles. The number of aliphatic imine (C=N–C) groups is 1. The van der Waals surface area contributed by atoms with E-state index < -0.39 is 0 Å². The summed E-state index contributed by atoms with van der Waals surface area (Å²) in [4.78, 5) is 6.80. The second-order valence-electron chi connectivity index (χ2n) is 6.52. The van der Waals surface area contributed by atoms with Crippen LogP contribution in [-0.2, 0) is 4.74 Å². The molecule has 1 aromatic carbocycles. The van der Waals surface area contributed by atoms with Crippen LogP contribution in [0, 0.1) is 0 Å². The van der Waals surface area contributed by atoms with Crippen LogP contribution in [0.5, 0.6) is 0 Å². The van der Waals surface area contributed by atoms with E-state index in [0.29, 0.717) is 12.5 Å².